The van der Waals surface area contributed by atoms with Gasteiger partial charge in [0.2, 0.25) is 0 Å². The number of hydrogen-bond donors (Lipinski definition) is 1. The molecule has 2 aromatic rings. The number of hydrogen-bond acceptors (Lipinski definition) is 3. The lowest BCUT2D eigenvalue weighted by molar-refractivity contribution is -0.136. The van der Waals surface area contributed by atoms with Gasteiger partial charge in [-0.05, 0) is 29.1 Å². The maximum Gasteiger partial charge on any atom is 0.307 e. The van der Waals surface area contributed by atoms with E-state index in [1.165, 1.54) is 4.88 Å². The summed E-state index contributed by atoms with van der Waals surface area (Å²) < 4.78 is 5.57. The van der Waals surface area contributed by atoms with Gasteiger partial charge in [-0.25, -0.2) is 0 Å². The van der Waals surface area contributed by atoms with Gasteiger partial charge in [-0.3, -0.25) is 4.79 Å². The zero-order valence-electron chi connectivity index (χ0n) is 9.13. The molecule has 1 aromatic heterocycles. The minimum atomic E-state index is -0.822. The third-order valence-corrected chi connectivity index (χ3v) is 3.09. The molecule has 0 spiro atoms. The van der Waals surface area contributed by atoms with Gasteiger partial charge in [0.05, 0.1) is 6.42 Å². The van der Waals surface area contributed by atoms with Gasteiger partial charge in [0.15, 0.2) is 0 Å². The van der Waals surface area contributed by atoms with Crippen LogP contribution in [0.1, 0.15) is 10.4 Å². The van der Waals surface area contributed by atoms with Gasteiger partial charge >= 0.3 is 5.97 Å². The maximum atomic E-state index is 10.5. The number of carboxylic acids is 1. The van der Waals surface area contributed by atoms with Gasteiger partial charge in [0.1, 0.15) is 12.4 Å². The topological polar surface area (TPSA) is 46.5 Å². The van der Waals surface area contributed by atoms with Crippen LogP contribution < -0.4 is 4.74 Å². The molecule has 0 saturated carbocycles. The maximum absolute atomic E-state index is 10.5. The molecule has 1 aromatic carbocycles. The molecule has 4 heteroatoms. The van der Waals surface area contributed by atoms with E-state index in [1.54, 1.807) is 35.6 Å². The number of carboxylic acid groups (broad SMARTS) is 1. The Labute approximate surface area is 103 Å². The fourth-order valence-electron chi connectivity index (χ4n) is 1.43. The molecule has 88 valence electrons. The molecule has 0 saturated heterocycles. The lowest BCUT2D eigenvalue weighted by Crippen LogP contribution is -2.00. The molecule has 0 atom stereocenters. The summed E-state index contributed by atoms with van der Waals surface area (Å²) in [5, 5.41) is 10.6. The minimum Gasteiger partial charge on any atom is -0.488 e. The minimum absolute atomic E-state index is 0.0468. The zero-order valence-corrected chi connectivity index (χ0v) is 9.94. The van der Waals surface area contributed by atoms with Gasteiger partial charge in [0, 0.05) is 4.88 Å². The molecule has 0 bridgehead atoms. The van der Waals surface area contributed by atoms with Crippen molar-refractivity contribution in [3.05, 3.63) is 52.2 Å². The van der Waals surface area contributed by atoms with Crippen molar-refractivity contribution in [1.82, 2.24) is 0 Å². The fraction of sp³-hybridized carbons (Fsp3) is 0.154. The molecule has 0 aliphatic rings. The number of rotatable bonds is 5. The first-order chi connectivity index (χ1) is 8.24. The van der Waals surface area contributed by atoms with Crippen LogP contribution >= 0.6 is 11.3 Å². The van der Waals surface area contributed by atoms with Gasteiger partial charge < -0.3 is 9.84 Å². The number of carbonyl (C=O) groups is 1. The second-order valence-electron chi connectivity index (χ2n) is 3.58. The first-order valence-electron chi connectivity index (χ1n) is 5.20. The van der Waals surface area contributed by atoms with Crippen LogP contribution in [-0.2, 0) is 17.8 Å². The Hall–Kier alpha value is -1.81. The molecule has 0 aliphatic heterocycles. The van der Waals surface area contributed by atoms with E-state index in [1.807, 2.05) is 17.5 Å². The Balaban J connectivity index is 1.91. The Morgan fingerprint density at radius 2 is 2.00 bits per heavy atom. The SMILES string of the molecule is O=C(O)Cc1ccc(OCc2cccs2)cc1. The Kier molecular flexibility index (Phi) is 3.77. The third kappa shape index (κ3) is 3.60. The number of ether oxygens (including phenoxy) is 1. The molecule has 1 N–H and O–H groups in total. The summed E-state index contributed by atoms with van der Waals surface area (Å²) in [6, 6.07) is 11.1. The van der Waals surface area contributed by atoms with Crippen molar-refractivity contribution in [1.29, 1.82) is 0 Å². The molecule has 17 heavy (non-hydrogen) atoms. The van der Waals surface area contributed by atoms with Crippen LogP contribution in [0.2, 0.25) is 0 Å². The van der Waals surface area contributed by atoms with Crippen molar-refractivity contribution in [2.75, 3.05) is 0 Å². The average Bonchev–Trinajstić information content (AvgIpc) is 2.80. The number of thiophene rings is 1. The average molecular weight is 248 g/mol. The van der Waals surface area contributed by atoms with Crippen LogP contribution in [-0.4, -0.2) is 11.1 Å². The van der Waals surface area contributed by atoms with Gasteiger partial charge in [-0.15, -0.1) is 11.3 Å². The third-order valence-electron chi connectivity index (χ3n) is 2.24. The molecule has 0 aliphatic carbocycles. The predicted octanol–water partition coefficient (Wildman–Crippen LogP) is 2.95. The molecule has 0 unspecified atom stereocenters. The largest absolute Gasteiger partial charge is 0.488 e. The zero-order chi connectivity index (χ0) is 12.1. The van der Waals surface area contributed by atoms with E-state index < -0.39 is 5.97 Å². The highest BCUT2D eigenvalue weighted by molar-refractivity contribution is 7.09. The number of aliphatic carboxylic acids is 1. The molecule has 0 radical (unpaired) electrons. The molecule has 3 nitrogen and oxygen atoms in total. The van der Waals surface area contributed by atoms with Gasteiger partial charge in [0.25, 0.3) is 0 Å². The molecule has 0 amide bonds. The van der Waals surface area contributed by atoms with Gasteiger partial charge in [-0.2, -0.15) is 0 Å². The lowest BCUT2D eigenvalue weighted by atomic mass is 10.1. The normalized spacial score (nSPS) is 10.1. The standard InChI is InChI=1S/C13H12O3S/c14-13(15)8-10-3-5-11(6-4-10)16-9-12-2-1-7-17-12/h1-7H,8-9H2,(H,14,15). The quantitative estimate of drug-likeness (QED) is 0.884. The predicted molar refractivity (Wildman–Crippen MR) is 66.4 cm³/mol. The van der Waals surface area contributed by atoms with E-state index in [0.717, 1.165) is 11.3 Å². The smallest absolute Gasteiger partial charge is 0.307 e. The van der Waals surface area contributed by atoms with Crippen molar-refractivity contribution in [2.45, 2.75) is 13.0 Å². The fourth-order valence-corrected chi connectivity index (χ4v) is 2.04. The van der Waals surface area contributed by atoms with Crippen LogP contribution in [0.5, 0.6) is 5.75 Å². The van der Waals surface area contributed by atoms with Crippen LogP contribution in [0.4, 0.5) is 0 Å². The highest BCUT2D eigenvalue weighted by Gasteiger charge is 2.01. The Bertz CT molecular complexity index is 474. The Morgan fingerprint density at radius 1 is 1.24 bits per heavy atom. The first kappa shape index (κ1) is 11.7. The van der Waals surface area contributed by atoms with Crippen LogP contribution in [0.3, 0.4) is 0 Å². The lowest BCUT2D eigenvalue weighted by Gasteiger charge is -2.05. The summed E-state index contributed by atoms with van der Waals surface area (Å²) in [5.41, 5.74) is 0.779. The van der Waals surface area contributed by atoms with E-state index in [4.69, 9.17) is 9.84 Å². The Morgan fingerprint density at radius 3 is 2.59 bits per heavy atom. The second-order valence-corrected chi connectivity index (χ2v) is 4.61. The van der Waals surface area contributed by atoms with Crippen LogP contribution in [0.15, 0.2) is 41.8 Å². The first-order valence-corrected chi connectivity index (χ1v) is 6.08. The molecular weight excluding hydrogens is 236 g/mol. The van der Waals surface area contributed by atoms with Gasteiger partial charge in [-0.1, -0.05) is 18.2 Å². The van der Waals surface area contributed by atoms with Crippen LogP contribution in [0, 0.1) is 0 Å². The monoisotopic (exact) mass is 248 g/mol. The van der Waals surface area contributed by atoms with Crippen LogP contribution in [0.25, 0.3) is 0 Å². The summed E-state index contributed by atoms with van der Waals surface area (Å²) in [4.78, 5) is 11.7. The van der Waals surface area contributed by atoms with E-state index >= 15 is 0 Å². The molecule has 0 fully saturated rings. The molecule has 1 heterocycles. The summed E-state index contributed by atoms with van der Waals surface area (Å²) in [7, 11) is 0. The molecule has 2 rings (SSSR count). The summed E-state index contributed by atoms with van der Waals surface area (Å²) in [6.45, 7) is 0.552. The van der Waals surface area contributed by atoms with Crippen molar-refractivity contribution < 1.29 is 14.6 Å². The van der Waals surface area contributed by atoms with E-state index in [9.17, 15) is 4.79 Å². The van der Waals surface area contributed by atoms with Crippen molar-refractivity contribution in [2.24, 2.45) is 0 Å². The van der Waals surface area contributed by atoms with E-state index in [2.05, 4.69) is 0 Å². The van der Waals surface area contributed by atoms with Crippen molar-refractivity contribution >= 4 is 17.3 Å². The summed E-state index contributed by atoms with van der Waals surface area (Å²) >= 11 is 1.65. The van der Waals surface area contributed by atoms with E-state index in [0.29, 0.717) is 6.61 Å². The highest BCUT2D eigenvalue weighted by atomic mass is 32.1. The molecular formula is C13H12O3S. The van der Waals surface area contributed by atoms with Crippen molar-refractivity contribution in [3.8, 4) is 5.75 Å². The summed E-state index contributed by atoms with van der Waals surface area (Å²) in [5.74, 6) is -0.0650. The van der Waals surface area contributed by atoms with Crippen molar-refractivity contribution in [3.63, 3.8) is 0 Å². The highest BCUT2D eigenvalue weighted by Crippen LogP contribution is 2.16. The van der Waals surface area contributed by atoms with E-state index in [-0.39, 0.29) is 6.42 Å². The number of benzene rings is 1. The second kappa shape index (κ2) is 5.50. The summed E-state index contributed by atoms with van der Waals surface area (Å²) in [6.07, 6.45) is 0.0468.